The molecule has 0 aliphatic rings. The van der Waals surface area contributed by atoms with Crippen molar-refractivity contribution in [3.63, 3.8) is 0 Å². The average Bonchev–Trinajstić information content (AvgIpc) is 2.67. The molecule has 1 amide bonds. The lowest BCUT2D eigenvalue weighted by Crippen LogP contribution is -2.13. The Labute approximate surface area is 168 Å². The molecule has 0 aliphatic carbocycles. The predicted molar refractivity (Wildman–Crippen MR) is 107 cm³/mol. The number of aryl methyl sites for hydroxylation is 2. The fourth-order valence-electron chi connectivity index (χ4n) is 2.25. The van der Waals surface area contributed by atoms with E-state index in [1.807, 2.05) is 32.0 Å². The van der Waals surface area contributed by atoms with Crippen molar-refractivity contribution in [3.05, 3.63) is 63.7 Å². The van der Waals surface area contributed by atoms with Crippen LogP contribution < -0.4 is 10.1 Å². The van der Waals surface area contributed by atoms with Gasteiger partial charge in [-0.3, -0.25) is 4.79 Å². The molecule has 0 saturated heterocycles. The molecule has 0 radical (unpaired) electrons. The van der Waals surface area contributed by atoms with Crippen LogP contribution in [0.5, 0.6) is 5.75 Å². The third-order valence-electron chi connectivity index (χ3n) is 3.97. The standard InChI is InChI=1S/C21H19ClN2O4/c1-13-4-6-17(8-14(13)2)24-21(26)16(11-23)9-15-5-7-19(18(22)10-15)28-12-20(25)27-3/h4-10H,12H2,1-3H3,(H,24,26)/b16-9+. The number of carbonyl (C=O) groups excluding carboxylic acids is 2. The molecule has 0 unspecified atom stereocenters. The maximum atomic E-state index is 12.4. The first-order valence-corrected chi connectivity index (χ1v) is 8.71. The van der Waals surface area contributed by atoms with E-state index in [2.05, 4.69) is 10.1 Å². The van der Waals surface area contributed by atoms with Crippen LogP contribution in [0.25, 0.3) is 6.08 Å². The van der Waals surface area contributed by atoms with E-state index < -0.39 is 11.9 Å². The van der Waals surface area contributed by atoms with Crippen molar-refractivity contribution in [2.45, 2.75) is 13.8 Å². The van der Waals surface area contributed by atoms with Crippen molar-refractivity contribution in [2.24, 2.45) is 0 Å². The number of benzene rings is 2. The number of amides is 1. The highest BCUT2D eigenvalue weighted by Crippen LogP contribution is 2.26. The zero-order chi connectivity index (χ0) is 20.7. The number of nitrogens with one attached hydrogen (secondary N) is 1. The van der Waals surface area contributed by atoms with Crippen molar-refractivity contribution in [1.29, 1.82) is 5.26 Å². The molecule has 0 atom stereocenters. The fourth-order valence-corrected chi connectivity index (χ4v) is 2.50. The van der Waals surface area contributed by atoms with E-state index in [0.717, 1.165) is 11.1 Å². The molecule has 2 aromatic rings. The summed E-state index contributed by atoms with van der Waals surface area (Å²) in [7, 11) is 1.26. The number of methoxy groups -OCH3 is 1. The summed E-state index contributed by atoms with van der Waals surface area (Å²) in [6.07, 6.45) is 1.42. The van der Waals surface area contributed by atoms with Gasteiger partial charge in [-0.25, -0.2) is 4.79 Å². The summed E-state index contributed by atoms with van der Waals surface area (Å²) in [6, 6.07) is 12.1. The minimum atomic E-state index is -0.533. The number of halogens is 1. The molecular formula is C21H19ClN2O4. The first kappa shape index (κ1) is 21.0. The SMILES string of the molecule is COC(=O)COc1ccc(/C=C(\C#N)C(=O)Nc2ccc(C)c(C)c2)cc1Cl. The Morgan fingerprint density at radius 1 is 1.18 bits per heavy atom. The van der Waals surface area contributed by atoms with Crippen molar-refractivity contribution in [3.8, 4) is 11.8 Å². The Balaban J connectivity index is 2.15. The average molecular weight is 399 g/mol. The summed E-state index contributed by atoms with van der Waals surface area (Å²) in [5.74, 6) is -0.759. The molecule has 144 valence electrons. The van der Waals surface area contributed by atoms with Gasteiger partial charge in [0.2, 0.25) is 0 Å². The Hall–Kier alpha value is -3.30. The highest BCUT2D eigenvalue weighted by atomic mass is 35.5. The summed E-state index contributed by atoms with van der Waals surface area (Å²) in [4.78, 5) is 23.5. The number of hydrogen-bond donors (Lipinski definition) is 1. The van der Waals surface area contributed by atoms with Crippen LogP contribution >= 0.6 is 11.6 Å². The van der Waals surface area contributed by atoms with Gasteiger partial charge in [0.15, 0.2) is 6.61 Å². The molecule has 0 heterocycles. The van der Waals surface area contributed by atoms with Crippen LogP contribution in [0.15, 0.2) is 42.0 Å². The topological polar surface area (TPSA) is 88.4 Å². The van der Waals surface area contributed by atoms with Gasteiger partial charge in [0.1, 0.15) is 17.4 Å². The van der Waals surface area contributed by atoms with Crippen LogP contribution in [0, 0.1) is 25.2 Å². The second-order valence-electron chi connectivity index (χ2n) is 5.98. The molecule has 28 heavy (non-hydrogen) atoms. The normalized spacial score (nSPS) is 10.8. The lowest BCUT2D eigenvalue weighted by molar-refractivity contribution is -0.142. The van der Waals surface area contributed by atoms with Gasteiger partial charge in [-0.2, -0.15) is 5.26 Å². The molecule has 6 nitrogen and oxygen atoms in total. The number of esters is 1. The number of ether oxygens (including phenoxy) is 2. The number of anilines is 1. The van der Waals surface area contributed by atoms with E-state index in [0.29, 0.717) is 17.0 Å². The molecule has 1 N–H and O–H groups in total. The van der Waals surface area contributed by atoms with Gasteiger partial charge in [0.05, 0.1) is 12.1 Å². The summed E-state index contributed by atoms with van der Waals surface area (Å²) in [5, 5.41) is 12.3. The van der Waals surface area contributed by atoms with Crippen molar-refractivity contribution in [1.82, 2.24) is 0 Å². The van der Waals surface area contributed by atoms with E-state index in [1.165, 1.54) is 19.3 Å². The van der Waals surface area contributed by atoms with Gasteiger partial charge < -0.3 is 14.8 Å². The van der Waals surface area contributed by atoms with Gasteiger partial charge in [0.25, 0.3) is 5.91 Å². The molecule has 0 spiro atoms. The maximum Gasteiger partial charge on any atom is 0.343 e. The second-order valence-corrected chi connectivity index (χ2v) is 6.38. The second kappa shape index (κ2) is 9.58. The number of hydrogen-bond acceptors (Lipinski definition) is 5. The van der Waals surface area contributed by atoms with Gasteiger partial charge in [0, 0.05) is 5.69 Å². The first-order valence-electron chi connectivity index (χ1n) is 8.33. The Kier molecular flexibility index (Phi) is 7.19. The van der Waals surface area contributed by atoms with E-state index in [4.69, 9.17) is 16.3 Å². The molecule has 0 bridgehead atoms. The van der Waals surface area contributed by atoms with E-state index >= 15 is 0 Å². The molecule has 0 aliphatic heterocycles. The summed E-state index contributed by atoms with van der Waals surface area (Å²) in [5.41, 5.74) is 3.23. The predicted octanol–water partition coefficient (Wildman–Crippen LogP) is 4.05. The first-order chi connectivity index (χ1) is 13.3. The lowest BCUT2D eigenvalue weighted by Gasteiger charge is -2.08. The third kappa shape index (κ3) is 5.60. The van der Waals surface area contributed by atoms with E-state index in [1.54, 1.807) is 18.2 Å². The maximum absolute atomic E-state index is 12.4. The van der Waals surface area contributed by atoms with Crippen molar-refractivity contribution in [2.75, 3.05) is 19.0 Å². The summed E-state index contributed by atoms with van der Waals surface area (Å²) < 4.78 is 9.75. The Bertz CT molecular complexity index is 977. The van der Waals surface area contributed by atoms with Crippen LogP contribution in [-0.4, -0.2) is 25.6 Å². The molecule has 2 rings (SSSR count). The highest BCUT2D eigenvalue weighted by Gasteiger charge is 2.11. The molecule has 0 saturated carbocycles. The van der Waals surface area contributed by atoms with Crippen molar-refractivity contribution >= 4 is 35.2 Å². The smallest absolute Gasteiger partial charge is 0.343 e. The zero-order valence-corrected chi connectivity index (χ0v) is 16.5. The molecular weight excluding hydrogens is 380 g/mol. The van der Waals surface area contributed by atoms with Crippen LogP contribution in [0.3, 0.4) is 0 Å². The molecule has 7 heteroatoms. The Morgan fingerprint density at radius 2 is 1.93 bits per heavy atom. The van der Waals surface area contributed by atoms with Gasteiger partial charge in [-0.05, 0) is 60.9 Å². The quantitative estimate of drug-likeness (QED) is 0.450. The lowest BCUT2D eigenvalue weighted by atomic mass is 10.1. The van der Waals surface area contributed by atoms with E-state index in [-0.39, 0.29) is 17.2 Å². The summed E-state index contributed by atoms with van der Waals surface area (Å²) in [6.45, 7) is 3.65. The number of nitriles is 1. The van der Waals surface area contributed by atoms with E-state index in [9.17, 15) is 14.9 Å². The third-order valence-corrected chi connectivity index (χ3v) is 4.27. The molecule has 0 fully saturated rings. The fraction of sp³-hybridized carbons (Fsp3) is 0.190. The Morgan fingerprint density at radius 3 is 2.54 bits per heavy atom. The number of rotatable bonds is 6. The van der Waals surface area contributed by atoms with Crippen LogP contribution in [0.2, 0.25) is 5.02 Å². The summed E-state index contributed by atoms with van der Waals surface area (Å²) >= 11 is 6.13. The largest absolute Gasteiger partial charge is 0.480 e. The van der Waals surface area contributed by atoms with Crippen LogP contribution in [0.1, 0.15) is 16.7 Å². The van der Waals surface area contributed by atoms with Gasteiger partial charge >= 0.3 is 5.97 Å². The number of carbonyl (C=O) groups is 2. The minimum Gasteiger partial charge on any atom is -0.480 e. The molecule has 0 aromatic heterocycles. The molecule has 2 aromatic carbocycles. The monoisotopic (exact) mass is 398 g/mol. The highest BCUT2D eigenvalue weighted by molar-refractivity contribution is 6.32. The number of nitrogens with zero attached hydrogens (tertiary/aromatic N) is 1. The van der Waals surface area contributed by atoms with Crippen molar-refractivity contribution < 1.29 is 19.1 Å². The van der Waals surface area contributed by atoms with Gasteiger partial charge in [-0.1, -0.05) is 23.7 Å². The van der Waals surface area contributed by atoms with Crippen LogP contribution in [0.4, 0.5) is 5.69 Å². The minimum absolute atomic E-state index is 0.0717. The van der Waals surface area contributed by atoms with Crippen LogP contribution in [-0.2, 0) is 14.3 Å². The van der Waals surface area contributed by atoms with Gasteiger partial charge in [-0.15, -0.1) is 0 Å². The zero-order valence-electron chi connectivity index (χ0n) is 15.7.